The molecule has 2 heterocycles. The van der Waals surface area contributed by atoms with Crippen LogP contribution in [0.3, 0.4) is 0 Å². The summed E-state index contributed by atoms with van der Waals surface area (Å²) in [7, 11) is 0. The van der Waals surface area contributed by atoms with Crippen LogP contribution >= 0.6 is 0 Å². The largest absolute Gasteiger partial charge is 0.352 e. The van der Waals surface area contributed by atoms with Crippen LogP contribution in [0.5, 0.6) is 0 Å². The Morgan fingerprint density at radius 3 is 2.03 bits per heavy atom. The fourth-order valence-electron chi connectivity index (χ4n) is 6.73. The number of Topliss-reactive ketones (excluding diaryl/α,β-unsaturated/α-hetero) is 3. The third-order valence-electron chi connectivity index (χ3n) is 8.27. The monoisotopic (exact) mass is 499 g/mol. The maximum atomic E-state index is 14.5. The van der Waals surface area contributed by atoms with Gasteiger partial charge in [0.05, 0.1) is 6.04 Å². The predicted octanol–water partition coefficient (Wildman–Crippen LogP) is 6.14. The van der Waals surface area contributed by atoms with E-state index in [1.54, 1.807) is 60.7 Å². The van der Waals surface area contributed by atoms with E-state index in [1.165, 1.54) is 12.1 Å². The Bertz CT molecular complexity index is 1620. The molecule has 1 saturated heterocycles. The van der Waals surface area contributed by atoms with Gasteiger partial charge in [-0.2, -0.15) is 0 Å². The lowest BCUT2D eigenvalue weighted by Gasteiger charge is -2.37. The molecule has 4 aromatic rings. The van der Waals surface area contributed by atoms with Gasteiger partial charge in [-0.25, -0.2) is 4.39 Å². The number of rotatable bonds is 3. The molecule has 0 amide bonds. The van der Waals surface area contributed by atoms with E-state index >= 15 is 0 Å². The molecule has 0 unspecified atom stereocenters. The van der Waals surface area contributed by atoms with Gasteiger partial charge in [0.25, 0.3) is 0 Å². The lowest BCUT2D eigenvalue weighted by molar-refractivity contribution is 0.0666. The van der Waals surface area contributed by atoms with Crippen molar-refractivity contribution in [2.45, 2.75) is 18.0 Å². The quantitative estimate of drug-likeness (QED) is 0.251. The van der Waals surface area contributed by atoms with E-state index in [1.807, 2.05) is 47.4 Å². The Balaban J connectivity index is 1.55. The van der Waals surface area contributed by atoms with Gasteiger partial charge in [0.2, 0.25) is 0 Å². The maximum Gasteiger partial charge on any atom is 0.185 e. The zero-order valence-corrected chi connectivity index (χ0v) is 20.3. The van der Waals surface area contributed by atoms with Crippen molar-refractivity contribution >= 4 is 29.1 Å². The summed E-state index contributed by atoms with van der Waals surface area (Å²) in [5, 5.41) is 0. The van der Waals surface area contributed by atoms with E-state index < -0.39 is 29.2 Å². The van der Waals surface area contributed by atoms with Gasteiger partial charge in [-0.05, 0) is 29.3 Å². The van der Waals surface area contributed by atoms with Gasteiger partial charge in [-0.1, -0.05) is 97.1 Å². The minimum atomic E-state index is -1.58. The lowest BCUT2D eigenvalue weighted by Crippen LogP contribution is -2.48. The first kappa shape index (κ1) is 22.5. The second-order valence-corrected chi connectivity index (χ2v) is 10.0. The Morgan fingerprint density at radius 1 is 0.737 bits per heavy atom. The molecule has 0 radical (unpaired) electrons. The SMILES string of the molecule is O=C(c1ccccc1)[C@@H]1[C@H](c2ccc(F)cc2)C2(C(=O)c3ccccc3C2=O)[C@@H]2C=Cc3ccccc3N12. The summed E-state index contributed by atoms with van der Waals surface area (Å²) in [6, 6.07) is 27.8. The Labute approximate surface area is 219 Å². The number of anilines is 1. The molecular formula is C33H22FNO3. The van der Waals surface area contributed by atoms with Crippen molar-refractivity contribution in [1.82, 2.24) is 0 Å². The van der Waals surface area contributed by atoms with Gasteiger partial charge in [0.15, 0.2) is 17.3 Å². The molecule has 0 N–H and O–H groups in total. The fraction of sp³-hybridized carbons (Fsp3) is 0.121. The number of ketones is 3. The van der Waals surface area contributed by atoms with Crippen LogP contribution in [0, 0.1) is 11.2 Å². The van der Waals surface area contributed by atoms with E-state index in [0.717, 1.165) is 11.3 Å². The molecule has 1 spiro atoms. The van der Waals surface area contributed by atoms with Gasteiger partial charge in [0.1, 0.15) is 17.3 Å². The van der Waals surface area contributed by atoms with Crippen molar-refractivity contribution in [2.75, 3.05) is 4.90 Å². The van der Waals surface area contributed by atoms with Crippen LogP contribution in [0.15, 0.2) is 109 Å². The summed E-state index contributed by atoms with van der Waals surface area (Å²) in [4.78, 5) is 45.4. The second kappa shape index (κ2) is 8.18. The zero-order chi connectivity index (χ0) is 26.0. The normalized spacial score (nSPS) is 22.3. The van der Waals surface area contributed by atoms with E-state index in [4.69, 9.17) is 0 Å². The molecule has 3 atom stereocenters. The Kier molecular flexibility index (Phi) is 4.86. The zero-order valence-electron chi connectivity index (χ0n) is 20.3. The standard InChI is InChI=1S/C33H22FNO3/c34-23-17-14-21(15-18-23)28-29(30(36)22-9-2-1-3-10-22)35-26-13-7-4-8-20(26)16-19-27(35)33(28)31(37)24-11-5-6-12-25(24)32(33)38/h1-19,27-29H/t27-,28-,29-/m0/s1. The first-order chi connectivity index (χ1) is 18.5. The van der Waals surface area contributed by atoms with E-state index in [0.29, 0.717) is 22.3 Å². The highest BCUT2D eigenvalue weighted by Gasteiger charge is 2.71. The lowest BCUT2D eigenvalue weighted by atomic mass is 9.64. The van der Waals surface area contributed by atoms with Gasteiger partial charge in [0, 0.05) is 28.3 Å². The van der Waals surface area contributed by atoms with Gasteiger partial charge >= 0.3 is 0 Å². The highest BCUT2D eigenvalue weighted by molar-refractivity contribution is 6.32. The van der Waals surface area contributed by atoms with Gasteiger partial charge in [-0.15, -0.1) is 0 Å². The molecule has 0 bridgehead atoms. The number of carbonyl (C=O) groups is 3. The highest BCUT2D eigenvalue weighted by atomic mass is 19.1. The molecule has 1 fully saturated rings. The van der Waals surface area contributed by atoms with Crippen LogP contribution in [0.25, 0.3) is 6.08 Å². The molecule has 38 heavy (non-hydrogen) atoms. The first-order valence-corrected chi connectivity index (χ1v) is 12.6. The van der Waals surface area contributed by atoms with Gasteiger partial charge in [-0.3, -0.25) is 14.4 Å². The number of hydrogen-bond donors (Lipinski definition) is 0. The number of halogens is 1. The van der Waals surface area contributed by atoms with E-state index in [9.17, 15) is 18.8 Å². The minimum absolute atomic E-state index is 0.191. The average Bonchev–Trinajstić information content (AvgIpc) is 3.40. The predicted molar refractivity (Wildman–Crippen MR) is 143 cm³/mol. The first-order valence-electron chi connectivity index (χ1n) is 12.6. The number of fused-ring (bicyclic) bond motifs is 5. The molecule has 184 valence electrons. The summed E-state index contributed by atoms with van der Waals surface area (Å²) in [6.07, 6.45) is 3.82. The number of para-hydroxylation sites is 1. The molecular weight excluding hydrogens is 477 g/mol. The smallest absolute Gasteiger partial charge is 0.185 e. The van der Waals surface area contributed by atoms with Crippen molar-refractivity contribution in [3.63, 3.8) is 0 Å². The molecule has 1 aliphatic carbocycles. The number of nitrogens with zero attached hydrogens (tertiary/aromatic N) is 1. The van der Waals surface area contributed by atoms with Crippen molar-refractivity contribution in [1.29, 1.82) is 0 Å². The van der Waals surface area contributed by atoms with Crippen molar-refractivity contribution in [2.24, 2.45) is 5.41 Å². The van der Waals surface area contributed by atoms with Crippen LogP contribution < -0.4 is 4.90 Å². The molecule has 3 aliphatic rings. The molecule has 0 aromatic heterocycles. The van der Waals surface area contributed by atoms with Crippen molar-refractivity contribution in [3.05, 3.63) is 143 Å². The van der Waals surface area contributed by atoms with Crippen LogP contribution in [0.1, 0.15) is 48.1 Å². The van der Waals surface area contributed by atoms with E-state index in [2.05, 4.69) is 0 Å². The molecule has 4 aromatic carbocycles. The third-order valence-corrected chi connectivity index (χ3v) is 8.27. The summed E-state index contributed by atoms with van der Waals surface area (Å²) in [6.45, 7) is 0. The molecule has 5 heteroatoms. The van der Waals surface area contributed by atoms with Crippen LogP contribution in [0.4, 0.5) is 10.1 Å². The maximum absolute atomic E-state index is 14.5. The minimum Gasteiger partial charge on any atom is -0.352 e. The van der Waals surface area contributed by atoms with Crippen LogP contribution in [0.2, 0.25) is 0 Å². The summed E-state index contributed by atoms with van der Waals surface area (Å²) in [5.74, 6) is -2.06. The molecule has 0 saturated carbocycles. The molecule has 4 nitrogen and oxygen atoms in total. The summed E-state index contributed by atoms with van der Waals surface area (Å²) < 4.78 is 14.1. The fourth-order valence-corrected chi connectivity index (χ4v) is 6.73. The molecule has 7 rings (SSSR count). The second-order valence-electron chi connectivity index (χ2n) is 10.0. The average molecular weight is 500 g/mol. The number of benzene rings is 4. The number of hydrogen-bond acceptors (Lipinski definition) is 4. The van der Waals surface area contributed by atoms with Gasteiger partial charge < -0.3 is 4.90 Å². The third kappa shape index (κ3) is 2.87. The Morgan fingerprint density at radius 2 is 1.34 bits per heavy atom. The topological polar surface area (TPSA) is 54.5 Å². The van der Waals surface area contributed by atoms with E-state index in [-0.39, 0.29) is 17.3 Å². The highest BCUT2D eigenvalue weighted by Crippen LogP contribution is 2.60. The van der Waals surface area contributed by atoms with Crippen molar-refractivity contribution in [3.8, 4) is 0 Å². The summed E-state index contributed by atoms with van der Waals surface area (Å²) in [5.41, 5.74) is 1.91. The number of carbonyl (C=O) groups excluding carboxylic acids is 3. The summed E-state index contributed by atoms with van der Waals surface area (Å²) >= 11 is 0. The van der Waals surface area contributed by atoms with Crippen LogP contribution in [-0.4, -0.2) is 29.4 Å². The van der Waals surface area contributed by atoms with Crippen LogP contribution in [-0.2, 0) is 0 Å². The molecule has 2 aliphatic heterocycles. The van der Waals surface area contributed by atoms with Crippen molar-refractivity contribution < 1.29 is 18.8 Å². The Hall–Kier alpha value is -4.64.